The molecule has 0 saturated heterocycles. The number of amides is 1. The monoisotopic (exact) mass is 270 g/mol. The molecule has 0 atom stereocenters. The summed E-state index contributed by atoms with van der Waals surface area (Å²) in [6.07, 6.45) is 0.305. The lowest BCUT2D eigenvalue weighted by atomic mass is 10.1. The zero-order valence-corrected chi connectivity index (χ0v) is 11.7. The van der Waals surface area contributed by atoms with Gasteiger partial charge in [0.15, 0.2) is 0 Å². The molecule has 0 aliphatic heterocycles. The van der Waals surface area contributed by atoms with E-state index in [-0.39, 0.29) is 5.91 Å². The first-order chi connectivity index (χ1) is 9.61. The fourth-order valence-corrected chi connectivity index (χ4v) is 2.04. The fourth-order valence-electron chi connectivity index (χ4n) is 2.04. The number of carbonyl (C=O) groups is 1. The van der Waals surface area contributed by atoms with Gasteiger partial charge in [-0.2, -0.15) is 0 Å². The first-order valence-electron chi connectivity index (χ1n) is 6.36. The fraction of sp³-hybridized carbons (Fsp3) is 0.188. The van der Waals surface area contributed by atoms with Crippen LogP contribution in [0.2, 0.25) is 0 Å². The Balaban J connectivity index is 2.16. The number of methoxy groups -OCH3 is 1. The third kappa shape index (κ3) is 3.09. The van der Waals surface area contributed by atoms with Crippen molar-refractivity contribution in [2.24, 2.45) is 0 Å². The molecule has 0 unspecified atom stereocenters. The van der Waals surface area contributed by atoms with Gasteiger partial charge in [-0.15, -0.1) is 0 Å². The van der Waals surface area contributed by atoms with E-state index in [0.717, 1.165) is 11.3 Å². The van der Waals surface area contributed by atoms with Gasteiger partial charge in [0.05, 0.1) is 19.2 Å². The van der Waals surface area contributed by atoms with Crippen molar-refractivity contribution >= 4 is 17.3 Å². The second-order valence-corrected chi connectivity index (χ2v) is 4.55. The average molecular weight is 270 g/mol. The highest BCUT2D eigenvalue weighted by Crippen LogP contribution is 2.27. The van der Waals surface area contributed by atoms with Gasteiger partial charge in [0.2, 0.25) is 5.91 Å². The topological polar surface area (TPSA) is 55.6 Å². The molecular formula is C16H18N2O2. The number of nitrogens with two attached hydrogens (primary N) is 1. The Bertz CT molecular complexity index is 611. The maximum Gasteiger partial charge on any atom is 0.231 e. The van der Waals surface area contributed by atoms with Crippen molar-refractivity contribution in [3.63, 3.8) is 0 Å². The summed E-state index contributed by atoms with van der Waals surface area (Å²) in [6.45, 7) is 0. The number of nitrogen functional groups attached to an aromatic ring is 1. The Morgan fingerprint density at radius 2 is 1.95 bits per heavy atom. The Hall–Kier alpha value is -2.49. The van der Waals surface area contributed by atoms with Gasteiger partial charge in [-0.25, -0.2) is 0 Å². The number of anilines is 2. The Morgan fingerprint density at radius 1 is 1.20 bits per heavy atom. The quantitative estimate of drug-likeness (QED) is 0.868. The number of para-hydroxylation sites is 2. The molecule has 2 aromatic carbocycles. The zero-order chi connectivity index (χ0) is 14.5. The van der Waals surface area contributed by atoms with E-state index in [9.17, 15) is 4.79 Å². The number of hydrogen-bond donors (Lipinski definition) is 1. The molecule has 4 heteroatoms. The van der Waals surface area contributed by atoms with Crippen LogP contribution in [0.15, 0.2) is 48.5 Å². The van der Waals surface area contributed by atoms with Crippen LogP contribution in [0.5, 0.6) is 5.75 Å². The third-order valence-electron chi connectivity index (χ3n) is 3.13. The minimum atomic E-state index is -0.0138. The molecule has 1 amide bonds. The lowest BCUT2D eigenvalue weighted by molar-refractivity contribution is -0.117. The van der Waals surface area contributed by atoms with Crippen molar-refractivity contribution in [2.75, 3.05) is 24.8 Å². The Morgan fingerprint density at radius 3 is 2.65 bits per heavy atom. The van der Waals surface area contributed by atoms with Crippen molar-refractivity contribution in [2.45, 2.75) is 6.42 Å². The van der Waals surface area contributed by atoms with Crippen LogP contribution in [0, 0.1) is 0 Å². The first kappa shape index (κ1) is 13.9. The molecule has 0 aliphatic carbocycles. The molecule has 0 aliphatic rings. The summed E-state index contributed by atoms with van der Waals surface area (Å²) >= 11 is 0. The lowest BCUT2D eigenvalue weighted by Gasteiger charge is -2.20. The minimum Gasteiger partial charge on any atom is -0.495 e. The lowest BCUT2D eigenvalue weighted by Crippen LogP contribution is -2.28. The highest BCUT2D eigenvalue weighted by molar-refractivity contribution is 5.95. The highest BCUT2D eigenvalue weighted by atomic mass is 16.5. The van der Waals surface area contributed by atoms with Crippen LogP contribution in [-0.4, -0.2) is 20.1 Å². The smallest absolute Gasteiger partial charge is 0.231 e. The maximum atomic E-state index is 12.3. The van der Waals surface area contributed by atoms with Gasteiger partial charge in [-0.3, -0.25) is 4.79 Å². The predicted octanol–water partition coefficient (Wildman–Crippen LogP) is 2.48. The van der Waals surface area contributed by atoms with Crippen LogP contribution < -0.4 is 15.4 Å². The van der Waals surface area contributed by atoms with E-state index in [1.165, 1.54) is 0 Å². The van der Waals surface area contributed by atoms with Gasteiger partial charge in [0.25, 0.3) is 0 Å². The summed E-state index contributed by atoms with van der Waals surface area (Å²) in [5, 5.41) is 0. The van der Waals surface area contributed by atoms with Crippen molar-refractivity contribution in [3.05, 3.63) is 54.1 Å². The molecule has 2 N–H and O–H groups in total. The molecule has 0 aromatic heterocycles. The van der Waals surface area contributed by atoms with Crippen molar-refractivity contribution in [1.29, 1.82) is 0 Å². The van der Waals surface area contributed by atoms with Gasteiger partial charge < -0.3 is 15.4 Å². The standard InChI is InChI=1S/C16H18N2O2/c1-18(14-8-3-4-9-15(14)20-2)16(19)11-12-6-5-7-13(17)10-12/h3-10H,11,17H2,1-2H3. The molecule has 0 saturated carbocycles. The molecular weight excluding hydrogens is 252 g/mol. The second-order valence-electron chi connectivity index (χ2n) is 4.55. The van der Waals surface area contributed by atoms with E-state index in [4.69, 9.17) is 10.5 Å². The van der Waals surface area contributed by atoms with E-state index >= 15 is 0 Å². The zero-order valence-electron chi connectivity index (χ0n) is 11.7. The molecule has 2 rings (SSSR count). The van der Waals surface area contributed by atoms with E-state index < -0.39 is 0 Å². The first-order valence-corrected chi connectivity index (χ1v) is 6.36. The number of rotatable bonds is 4. The summed E-state index contributed by atoms with van der Waals surface area (Å²) in [5.41, 5.74) is 8.04. The van der Waals surface area contributed by atoms with E-state index in [1.807, 2.05) is 42.5 Å². The second kappa shape index (κ2) is 6.10. The van der Waals surface area contributed by atoms with Crippen LogP contribution in [0.4, 0.5) is 11.4 Å². The van der Waals surface area contributed by atoms with Crippen molar-refractivity contribution < 1.29 is 9.53 Å². The third-order valence-corrected chi connectivity index (χ3v) is 3.13. The van der Waals surface area contributed by atoms with E-state index in [0.29, 0.717) is 17.9 Å². The van der Waals surface area contributed by atoms with Gasteiger partial charge in [0, 0.05) is 12.7 Å². The maximum absolute atomic E-state index is 12.3. The summed E-state index contributed by atoms with van der Waals surface area (Å²) in [4.78, 5) is 13.9. The molecule has 4 nitrogen and oxygen atoms in total. The molecule has 104 valence electrons. The van der Waals surface area contributed by atoms with Gasteiger partial charge in [-0.05, 0) is 29.8 Å². The number of nitrogens with zero attached hydrogens (tertiary/aromatic N) is 1. The normalized spacial score (nSPS) is 10.1. The van der Waals surface area contributed by atoms with Crippen molar-refractivity contribution in [3.8, 4) is 5.75 Å². The van der Waals surface area contributed by atoms with Crippen LogP contribution in [0.1, 0.15) is 5.56 Å². The molecule has 20 heavy (non-hydrogen) atoms. The summed E-state index contributed by atoms with van der Waals surface area (Å²) in [5.74, 6) is 0.663. The van der Waals surface area contributed by atoms with Gasteiger partial charge in [-0.1, -0.05) is 24.3 Å². The highest BCUT2D eigenvalue weighted by Gasteiger charge is 2.15. The van der Waals surface area contributed by atoms with Gasteiger partial charge >= 0.3 is 0 Å². The molecule has 0 heterocycles. The molecule has 2 aromatic rings. The average Bonchev–Trinajstić information content (AvgIpc) is 2.46. The predicted molar refractivity (Wildman–Crippen MR) is 81.0 cm³/mol. The number of likely N-dealkylation sites (N-methyl/N-ethyl adjacent to an activating group) is 1. The SMILES string of the molecule is COc1ccccc1N(C)C(=O)Cc1cccc(N)c1. The molecule has 0 fully saturated rings. The minimum absolute atomic E-state index is 0.0138. The molecule has 0 bridgehead atoms. The number of ether oxygens (including phenoxy) is 1. The number of carbonyl (C=O) groups excluding carboxylic acids is 1. The Kier molecular flexibility index (Phi) is 4.25. The number of benzene rings is 2. The van der Waals surface area contributed by atoms with Crippen LogP contribution in [0.25, 0.3) is 0 Å². The van der Waals surface area contributed by atoms with Crippen LogP contribution in [-0.2, 0) is 11.2 Å². The van der Waals surface area contributed by atoms with Gasteiger partial charge in [0.1, 0.15) is 5.75 Å². The molecule has 0 radical (unpaired) electrons. The van der Waals surface area contributed by atoms with E-state index in [2.05, 4.69) is 0 Å². The summed E-state index contributed by atoms with van der Waals surface area (Å²) in [7, 11) is 3.33. The van der Waals surface area contributed by atoms with Crippen LogP contribution >= 0.6 is 0 Å². The molecule has 0 spiro atoms. The summed E-state index contributed by atoms with van der Waals surface area (Å²) < 4.78 is 5.27. The van der Waals surface area contributed by atoms with Crippen molar-refractivity contribution in [1.82, 2.24) is 0 Å². The summed E-state index contributed by atoms with van der Waals surface area (Å²) in [6, 6.07) is 14.8. The van der Waals surface area contributed by atoms with Crippen LogP contribution in [0.3, 0.4) is 0 Å². The largest absolute Gasteiger partial charge is 0.495 e. The van der Waals surface area contributed by atoms with E-state index in [1.54, 1.807) is 25.1 Å². The Labute approximate surface area is 118 Å². The number of hydrogen-bond acceptors (Lipinski definition) is 3.